The van der Waals surface area contributed by atoms with E-state index in [2.05, 4.69) is 51.8 Å². The summed E-state index contributed by atoms with van der Waals surface area (Å²) in [4.78, 5) is 24.7. The van der Waals surface area contributed by atoms with Crippen LogP contribution in [0.25, 0.3) is 27.6 Å². The Bertz CT molecular complexity index is 1390. The largest absolute Gasteiger partial charge is 0.309 e. The first-order valence-electron chi connectivity index (χ1n) is 9.34. The van der Waals surface area contributed by atoms with Crippen molar-refractivity contribution in [2.45, 2.75) is 17.8 Å². The number of rotatable bonds is 4. The molecule has 0 aliphatic carbocycles. The van der Waals surface area contributed by atoms with Gasteiger partial charge in [0.25, 0.3) is 5.56 Å². The number of imidazole rings is 1. The number of thioether (sulfide) groups is 1. The highest BCUT2D eigenvalue weighted by Gasteiger charge is 2.14. The van der Waals surface area contributed by atoms with Crippen molar-refractivity contribution in [3.8, 4) is 5.69 Å². The molecule has 0 fully saturated rings. The van der Waals surface area contributed by atoms with Gasteiger partial charge in [-0.25, -0.2) is 9.97 Å². The maximum Gasteiger partial charge on any atom is 0.258 e. The van der Waals surface area contributed by atoms with Crippen molar-refractivity contribution in [1.29, 1.82) is 0 Å². The fourth-order valence-corrected chi connectivity index (χ4v) is 4.28. The van der Waals surface area contributed by atoms with Crippen LogP contribution in [0.2, 0.25) is 0 Å². The number of aryl methyl sites for hydroxylation is 1. The van der Waals surface area contributed by atoms with Gasteiger partial charge in [-0.3, -0.25) is 9.36 Å². The zero-order valence-electron chi connectivity index (χ0n) is 15.8. The fraction of sp³-hybridized carbons (Fsp3) is 0.0870. The molecule has 29 heavy (non-hydrogen) atoms. The molecule has 2 heterocycles. The van der Waals surface area contributed by atoms with Crippen LogP contribution in [0.3, 0.4) is 0 Å². The SMILES string of the molecule is Cc1ccc(-n2c(SCc3nc4ccccc4c(=O)[nH]3)nc3ccccc32)cc1. The van der Waals surface area contributed by atoms with E-state index in [-0.39, 0.29) is 5.56 Å². The van der Waals surface area contributed by atoms with E-state index in [4.69, 9.17) is 4.98 Å². The molecule has 2 aromatic heterocycles. The second-order valence-corrected chi connectivity index (χ2v) is 7.81. The standard InChI is InChI=1S/C23H18N4OS/c1-15-10-12-16(13-11-15)27-20-9-5-4-8-19(20)25-23(27)29-14-21-24-18-7-3-2-6-17(18)22(28)26-21/h2-13H,14H2,1H3,(H,24,26,28). The maximum absolute atomic E-state index is 12.3. The Morgan fingerprint density at radius 3 is 2.45 bits per heavy atom. The molecule has 1 N–H and O–H groups in total. The minimum absolute atomic E-state index is 0.113. The van der Waals surface area contributed by atoms with Crippen LogP contribution in [0, 0.1) is 6.92 Å². The molecule has 5 aromatic rings. The van der Waals surface area contributed by atoms with Gasteiger partial charge < -0.3 is 4.98 Å². The highest BCUT2D eigenvalue weighted by Crippen LogP contribution is 2.29. The van der Waals surface area contributed by atoms with Crippen molar-refractivity contribution >= 4 is 33.7 Å². The molecule has 3 aromatic carbocycles. The molecule has 0 saturated heterocycles. The van der Waals surface area contributed by atoms with E-state index < -0.39 is 0 Å². The van der Waals surface area contributed by atoms with Crippen molar-refractivity contribution in [2.24, 2.45) is 0 Å². The van der Waals surface area contributed by atoms with Gasteiger partial charge in [0.2, 0.25) is 0 Å². The molecule has 0 spiro atoms. The predicted octanol–water partition coefficient (Wildman–Crippen LogP) is 4.86. The van der Waals surface area contributed by atoms with Gasteiger partial charge in [-0.15, -0.1) is 0 Å². The van der Waals surface area contributed by atoms with Crippen LogP contribution in [0.1, 0.15) is 11.4 Å². The highest BCUT2D eigenvalue weighted by molar-refractivity contribution is 7.98. The Balaban J connectivity index is 1.55. The Kier molecular flexibility index (Phi) is 4.41. The van der Waals surface area contributed by atoms with Gasteiger partial charge in [0.15, 0.2) is 5.16 Å². The lowest BCUT2D eigenvalue weighted by atomic mass is 10.2. The average Bonchev–Trinajstić information content (AvgIpc) is 3.11. The number of benzene rings is 3. The molecule has 0 aliphatic heterocycles. The third-order valence-electron chi connectivity index (χ3n) is 4.82. The summed E-state index contributed by atoms with van der Waals surface area (Å²) in [5.74, 6) is 1.16. The molecule has 0 amide bonds. The van der Waals surface area contributed by atoms with Crippen LogP contribution in [0.4, 0.5) is 0 Å². The molecule has 0 radical (unpaired) electrons. The Morgan fingerprint density at radius 1 is 0.897 bits per heavy atom. The minimum Gasteiger partial charge on any atom is -0.309 e. The third kappa shape index (κ3) is 3.32. The summed E-state index contributed by atoms with van der Waals surface area (Å²) >= 11 is 1.56. The van der Waals surface area contributed by atoms with Crippen LogP contribution in [-0.2, 0) is 5.75 Å². The van der Waals surface area contributed by atoms with E-state index in [1.165, 1.54) is 5.56 Å². The van der Waals surface area contributed by atoms with Crippen molar-refractivity contribution in [2.75, 3.05) is 0 Å². The summed E-state index contributed by atoms with van der Waals surface area (Å²) in [5.41, 5.74) is 4.86. The monoisotopic (exact) mass is 398 g/mol. The highest BCUT2D eigenvalue weighted by atomic mass is 32.2. The molecule has 0 saturated carbocycles. The van der Waals surface area contributed by atoms with E-state index in [9.17, 15) is 4.79 Å². The first kappa shape index (κ1) is 17.7. The first-order chi connectivity index (χ1) is 14.2. The zero-order valence-corrected chi connectivity index (χ0v) is 16.6. The Hall–Kier alpha value is -3.38. The van der Waals surface area contributed by atoms with Crippen molar-refractivity contribution in [3.05, 3.63) is 94.5 Å². The third-order valence-corrected chi connectivity index (χ3v) is 5.77. The summed E-state index contributed by atoms with van der Waals surface area (Å²) in [6, 6.07) is 23.9. The van der Waals surface area contributed by atoms with Crippen LogP contribution < -0.4 is 5.56 Å². The number of H-pyrrole nitrogens is 1. The van der Waals surface area contributed by atoms with Gasteiger partial charge in [-0.2, -0.15) is 0 Å². The number of para-hydroxylation sites is 3. The number of hydrogen-bond donors (Lipinski definition) is 1. The molecule has 0 aliphatic rings. The van der Waals surface area contributed by atoms with E-state index in [0.717, 1.165) is 21.9 Å². The number of nitrogens with one attached hydrogen (secondary N) is 1. The predicted molar refractivity (Wildman–Crippen MR) is 118 cm³/mol. The molecule has 0 atom stereocenters. The van der Waals surface area contributed by atoms with E-state index in [1.807, 2.05) is 36.4 Å². The summed E-state index contributed by atoms with van der Waals surface area (Å²) < 4.78 is 2.15. The maximum atomic E-state index is 12.3. The fourth-order valence-electron chi connectivity index (χ4n) is 3.38. The van der Waals surface area contributed by atoms with Gasteiger partial charge in [-0.05, 0) is 43.3 Å². The van der Waals surface area contributed by atoms with E-state index in [0.29, 0.717) is 22.5 Å². The van der Waals surface area contributed by atoms with Gasteiger partial charge >= 0.3 is 0 Å². The lowest BCUT2D eigenvalue weighted by Gasteiger charge is -2.09. The van der Waals surface area contributed by atoms with Gasteiger partial charge in [-0.1, -0.05) is 53.7 Å². The number of aromatic amines is 1. The summed E-state index contributed by atoms with van der Waals surface area (Å²) in [7, 11) is 0. The van der Waals surface area contributed by atoms with E-state index in [1.54, 1.807) is 17.8 Å². The lowest BCUT2D eigenvalue weighted by Crippen LogP contribution is -2.11. The summed E-state index contributed by atoms with van der Waals surface area (Å²) in [6.45, 7) is 2.08. The van der Waals surface area contributed by atoms with Crippen LogP contribution in [-0.4, -0.2) is 19.5 Å². The Morgan fingerprint density at radius 2 is 1.62 bits per heavy atom. The van der Waals surface area contributed by atoms with Gasteiger partial charge in [0, 0.05) is 5.69 Å². The first-order valence-corrected chi connectivity index (χ1v) is 10.3. The second-order valence-electron chi connectivity index (χ2n) is 6.87. The number of aromatic nitrogens is 4. The molecule has 0 bridgehead atoms. The zero-order chi connectivity index (χ0) is 19.8. The van der Waals surface area contributed by atoms with Crippen LogP contribution in [0.5, 0.6) is 0 Å². The molecular weight excluding hydrogens is 380 g/mol. The minimum atomic E-state index is -0.113. The molecule has 6 heteroatoms. The lowest BCUT2D eigenvalue weighted by molar-refractivity contribution is 0.914. The van der Waals surface area contributed by atoms with Gasteiger partial charge in [0.1, 0.15) is 5.82 Å². The molecule has 142 valence electrons. The number of fused-ring (bicyclic) bond motifs is 2. The van der Waals surface area contributed by atoms with Crippen molar-refractivity contribution < 1.29 is 0 Å². The topological polar surface area (TPSA) is 63.6 Å². The summed E-state index contributed by atoms with van der Waals surface area (Å²) in [6.07, 6.45) is 0. The normalized spacial score (nSPS) is 11.3. The smallest absolute Gasteiger partial charge is 0.258 e. The van der Waals surface area contributed by atoms with Crippen LogP contribution in [0.15, 0.2) is 82.7 Å². The number of nitrogens with zero attached hydrogens (tertiary/aromatic N) is 3. The number of hydrogen-bond acceptors (Lipinski definition) is 4. The van der Waals surface area contributed by atoms with Crippen LogP contribution >= 0.6 is 11.8 Å². The molecule has 0 unspecified atom stereocenters. The molecule has 5 nitrogen and oxygen atoms in total. The van der Waals surface area contributed by atoms with Crippen molar-refractivity contribution in [1.82, 2.24) is 19.5 Å². The molecular formula is C23H18N4OS. The second kappa shape index (κ2) is 7.22. The van der Waals surface area contributed by atoms with E-state index >= 15 is 0 Å². The van der Waals surface area contributed by atoms with Crippen molar-refractivity contribution in [3.63, 3.8) is 0 Å². The quantitative estimate of drug-likeness (QED) is 0.439. The average molecular weight is 398 g/mol. The Labute approximate surface area is 171 Å². The summed E-state index contributed by atoms with van der Waals surface area (Å²) in [5, 5.41) is 1.47. The van der Waals surface area contributed by atoms with Gasteiger partial charge in [0.05, 0.1) is 27.7 Å². The molecule has 5 rings (SSSR count).